The molecule has 0 unspecified atom stereocenters. The Balaban J connectivity index is 2.17. The van der Waals surface area contributed by atoms with Gasteiger partial charge in [-0.15, -0.1) is 0 Å². The van der Waals surface area contributed by atoms with Crippen molar-refractivity contribution in [2.24, 2.45) is 0 Å². The molecule has 2 N–H and O–H groups in total. The largest absolute Gasteiger partial charge is 0.468 e. The number of aromatic amines is 1. The molecule has 0 bridgehead atoms. The molecule has 0 saturated heterocycles. The van der Waals surface area contributed by atoms with Crippen LogP contribution in [0.5, 0.6) is 0 Å². The second-order valence-corrected chi connectivity index (χ2v) is 6.14. The molecule has 1 atom stereocenters. The summed E-state index contributed by atoms with van der Waals surface area (Å²) in [6.07, 6.45) is 1.64. The predicted octanol–water partition coefficient (Wildman–Crippen LogP) is 3.24. The monoisotopic (exact) mass is 345 g/mol. The molecule has 6 nitrogen and oxygen atoms in total. The van der Waals surface area contributed by atoms with Crippen molar-refractivity contribution in [3.8, 4) is 0 Å². The maximum Gasteiger partial charge on any atom is 0.268 e. The van der Waals surface area contributed by atoms with Gasteiger partial charge in [-0.2, -0.15) is 0 Å². The van der Waals surface area contributed by atoms with Crippen LogP contribution in [-0.4, -0.2) is 41.2 Å². The average molecular weight is 345 g/mol. The number of aromatic nitrogens is 1. The molecular formula is C19H27N3O3. The van der Waals surface area contributed by atoms with Gasteiger partial charge in [0.25, 0.3) is 5.91 Å². The first-order valence-electron chi connectivity index (χ1n) is 8.66. The summed E-state index contributed by atoms with van der Waals surface area (Å²) in [5.74, 6) is 0.575. The summed E-state index contributed by atoms with van der Waals surface area (Å²) in [5.41, 5.74) is 2.46. The smallest absolute Gasteiger partial charge is 0.268 e. The number of carbonyl (C=O) groups is 2. The molecule has 2 aromatic rings. The average Bonchev–Trinajstić information content (AvgIpc) is 3.19. The van der Waals surface area contributed by atoms with Crippen molar-refractivity contribution in [1.82, 2.24) is 15.2 Å². The normalized spacial score (nSPS) is 12.4. The van der Waals surface area contributed by atoms with Crippen LogP contribution >= 0.6 is 0 Å². The highest BCUT2D eigenvalue weighted by Crippen LogP contribution is 2.21. The number of nitrogens with zero attached hydrogens (tertiary/aromatic N) is 1. The summed E-state index contributed by atoms with van der Waals surface area (Å²) in [4.78, 5) is 29.6. The van der Waals surface area contributed by atoms with Crippen LogP contribution in [0.2, 0.25) is 0 Å². The van der Waals surface area contributed by atoms with Crippen LogP contribution in [-0.2, 0) is 0 Å². The Morgan fingerprint density at radius 1 is 1.28 bits per heavy atom. The Morgan fingerprint density at radius 2 is 1.96 bits per heavy atom. The van der Waals surface area contributed by atoms with Gasteiger partial charge in [-0.05, 0) is 51.6 Å². The van der Waals surface area contributed by atoms with E-state index in [1.165, 1.54) is 6.92 Å². The van der Waals surface area contributed by atoms with Crippen LogP contribution in [0.4, 0.5) is 0 Å². The van der Waals surface area contributed by atoms with Gasteiger partial charge in [0, 0.05) is 17.8 Å². The molecule has 25 heavy (non-hydrogen) atoms. The molecule has 0 aliphatic carbocycles. The molecule has 0 fully saturated rings. The Kier molecular flexibility index (Phi) is 6.20. The Labute approximate surface area is 148 Å². The first kappa shape index (κ1) is 19.0. The quantitative estimate of drug-likeness (QED) is 0.720. The van der Waals surface area contributed by atoms with Gasteiger partial charge in [0.2, 0.25) is 0 Å². The lowest BCUT2D eigenvalue weighted by atomic mass is 10.1. The third kappa shape index (κ3) is 4.02. The van der Waals surface area contributed by atoms with Gasteiger partial charge in [0.15, 0.2) is 5.78 Å². The van der Waals surface area contributed by atoms with E-state index in [0.29, 0.717) is 23.4 Å². The van der Waals surface area contributed by atoms with E-state index in [1.54, 1.807) is 13.2 Å². The van der Waals surface area contributed by atoms with Crippen LogP contribution in [0, 0.1) is 13.8 Å². The number of likely N-dealkylation sites (N-methyl/N-ethyl adjacent to an activating group) is 1. The Morgan fingerprint density at radius 3 is 2.44 bits per heavy atom. The number of hydrogen-bond donors (Lipinski definition) is 2. The van der Waals surface area contributed by atoms with Crippen molar-refractivity contribution in [2.75, 3.05) is 19.6 Å². The molecule has 0 radical (unpaired) electrons. The van der Waals surface area contributed by atoms with Crippen LogP contribution in [0.15, 0.2) is 22.8 Å². The lowest BCUT2D eigenvalue weighted by molar-refractivity contribution is 0.0924. The molecule has 1 amide bonds. The summed E-state index contributed by atoms with van der Waals surface area (Å²) >= 11 is 0. The third-order valence-electron chi connectivity index (χ3n) is 4.60. The highest BCUT2D eigenvalue weighted by Gasteiger charge is 2.24. The fourth-order valence-corrected chi connectivity index (χ4v) is 3.34. The number of hydrogen-bond acceptors (Lipinski definition) is 4. The molecule has 2 rings (SSSR count). The van der Waals surface area contributed by atoms with Gasteiger partial charge in [0.1, 0.15) is 11.5 Å². The maximum atomic E-state index is 12.6. The molecule has 0 aliphatic rings. The number of aryl methyl sites for hydroxylation is 1. The second-order valence-electron chi connectivity index (χ2n) is 6.14. The number of ketones is 1. The summed E-state index contributed by atoms with van der Waals surface area (Å²) in [5, 5.41) is 2.97. The van der Waals surface area contributed by atoms with E-state index in [-0.39, 0.29) is 17.7 Å². The first-order valence-corrected chi connectivity index (χ1v) is 8.66. The van der Waals surface area contributed by atoms with E-state index in [0.717, 1.165) is 24.5 Å². The minimum absolute atomic E-state index is 0.0300. The standard InChI is InChI=1S/C19H27N3O3/c1-6-22(7-2)15(16-9-8-10-25-16)11-20-19(24)18-12(3)17(14(5)23)13(4)21-18/h8-10,15,21H,6-7,11H2,1-5H3,(H,20,24)/t15-/m1/s1. The molecule has 2 heterocycles. The van der Waals surface area contributed by atoms with E-state index in [4.69, 9.17) is 4.42 Å². The van der Waals surface area contributed by atoms with Crippen LogP contribution in [0.3, 0.4) is 0 Å². The molecule has 0 aromatic carbocycles. The van der Waals surface area contributed by atoms with Crippen molar-refractivity contribution >= 4 is 11.7 Å². The van der Waals surface area contributed by atoms with Crippen LogP contribution < -0.4 is 5.32 Å². The van der Waals surface area contributed by atoms with Crippen molar-refractivity contribution in [3.05, 3.63) is 46.7 Å². The van der Waals surface area contributed by atoms with Crippen LogP contribution in [0.25, 0.3) is 0 Å². The number of Topliss-reactive ketones (excluding diaryl/α,β-unsaturated/α-hetero) is 1. The SMILES string of the molecule is CCN(CC)[C@H](CNC(=O)c1[nH]c(C)c(C(C)=O)c1C)c1ccco1. The van der Waals surface area contributed by atoms with Gasteiger partial charge in [0.05, 0.1) is 12.3 Å². The molecule has 0 saturated carbocycles. The Hall–Kier alpha value is -2.34. The number of carbonyl (C=O) groups excluding carboxylic acids is 2. The summed E-state index contributed by atoms with van der Waals surface area (Å²) in [6.45, 7) is 11.4. The lowest BCUT2D eigenvalue weighted by Crippen LogP contribution is -2.38. The zero-order valence-electron chi connectivity index (χ0n) is 15.6. The van der Waals surface area contributed by atoms with Crippen LogP contribution in [0.1, 0.15) is 64.7 Å². The number of H-pyrrole nitrogens is 1. The number of amides is 1. The van der Waals surface area contributed by atoms with Crippen molar-refractivity contribution < 1.29 is 14.0 Å². The highest BCUT2D eigenvalue weighted by atomic mass is 16.3. The maximum absolute atomic E-state index is 12.6. The van der Waals surface area contributed by atoms with E-state index in [2.05, 4.69) is 29.0 Å². The molecule has 6 heteroatoms. The molecular weight excluding hydrogens is 318 g/mol. The van der Waals surface area contributed by atoms with Gasteiger partial charge in [-0.1, -0.05) is 13.8 Å². The highest BCUT2D eigenvalue weighted by molar-refractivity contribution is 6.02. The molecule has 2 aromatic heterocycles. The van der Waals surface area contributed by atoms with Gasteiger partial charge in [-0.25, -0.2) is 0 Å². The van der Waals surface area contributed by atoms with Gasteiger partial charge < -0.3 is 14.7 Å². The van der Waals surface area contributed by atoms with Gasteiger partial charge in [-0.3, -0.25) is 14.5 Å². The zero-order chi connectivity index (χ0) is 18.6. The third-order valence-corrected chi connectivity index (χ3v) is 4.60. The fourth-order valence-electron chi connectivity index (χ4n) is 3.34. The molecule has 0 spiro atoms. The minimum atomic E-state index is -0.211. The Bertz CT molecular complexity index is 727. The lowest BCUT2D eigenvalue weighted by Gasteiger charge is -2.28. The van der Waals surface area contributed by atoms with E-state index < -0.39 is 0 Å². The first-order chi connectivity index (χ1) is 11.9. The zero-order valence-corrected chi connectivity index (χ0v) is 15.6. The van der Waals surface area contributed by atoms with Crippen molar-refractivity contribution in [1.29, 1.82) is 0 Å². The van der Waals surface area contributed by atoms with E-state index in [1.807, 2.05) is 19.1 Å². The van der Waals surface area contributed by atoms with E-state index in [9.17, 15) is 9.59 Å². The summed E-state index contributed by atoms with van der Waals surface area (Å²) in [6, 6.07) is 3.75. The molecule has 0 aliphatic heterocycles. The topological polar surface area (TPSA) is 78.3 Å². The number of nitrogens with one attached hydrogen (secondary N) is 2. The molecule has 136 valence electrons. The van der Waals surface area contributed by atoms with Gasteiger partial charge >= 0.3 is 0 Å². The number of rotatable bonds is 8. The number of furan rings is 1. The van der Waals surface area contributed by atoms with Crippen molar-refractivity contribution in [3.63, 3.8) is 0 Å². The second kappa shape index (κ2) is 8.16. The summed E-state index contributed by atoms with van der Waals surface area (Å²) in [7, 11) is 0. The summed E-state index contributed by atoms with van der Waals surface area (Å²) < 4.78 is 5.55. The van der Waals surface area contributed by atoms with E-state index >= 15 is 0 Å². The fraction of sp³-hybridized carbons (Fsp3) is 0.474. The predicted molar refractivity (Wildman–Crippen MR) is 97.0 cm³/mol. The van der Waals surface area contributed by atoms with Crippen molar-refractivity contribution in [2.45, 2.75) is 40.7 Å². The minimum Gasteiger partial charge on any atom is -0.468 e.